The maximum absolute atomic E-state index is 11.1. The van der Waals surface area contributed by atoms with E-state index >= 15 is 0 Å². The zero-order valence-corrected chi connectivity index (χ0v) is 8.36. The van der Waals surface area contributed by atoms with Crippen LogP contribution in [-0.4, -0.2) is 38.8 Å². The zero-order valence-electron chi connectivity index (χ0n) is 8.36. The van der Waals surface area contributed by atoms with Crippen LogP contribution in [0.15, 0.2) is 0 Å². The number of aliphatic hydroxyl groups is 3. The Balaban J connectivity index is 2.78. The van der Waals surface area contributed by atoms with Gasteiger partial charge in [0.25, 0.3) is 0 Å². The summed E-state index contributed by atoms with van der Waals surface area (Å²) in [6.07, 6.45) is -0.0490. The van der Waals surface area contributed by atoms with Gasteiger partial charge in [-0.2, -0.15) is 0 Å². The average Bonchev–Trinajstić information content (AvgIpc) is 2.26. The quantitative estimate of drug-likeness (QED) is 0.541. The van der Waals surface area contributed by atoms with E-state index in [0.29, 0.717) is 6.42 Å². The highest BCUT2D eigenvalue weighted by molar-refractivity contribution is 5.82. The van der Waals surface area contributed by atoms with Crippen molar-refractivity contribution < 1.29 is 24.9 Å². The van der Waals surface area contributed by atoms with Crippen molar-refractivity contribution >= 4 is 5.97 Å². The number of unbranched alkanes of at least 4 members (excludes halogenated alkanes) is 1. The Bertz CT molecular complexity index is 237. The fraction of sp³-hybridized carbons (Fsp3) is 0.889. The first-order chi connectivity index (χ1) is 6.34. The van der Waals surface area contributed by atoms with Crippen LogP contribution in [0.5, 0.6) is 0 Å². The Labute approximate surface area is 82.3 Å². The van der Waals surface area contributed by atoms with Gasteiger partial charge in [-0.3, -0.25) is 0 Å². The summed E-state index contributed by atoms with van der Waals surface area (Å²) in [5.74, 6) is -2.92. The number of rotatable bonds is 3. The molecule has 1 heterocycles. The summed E-state index contributed by atoms with van der Waals surface area (Å²) in [6.45, 7) is 3.04. The molecule has 1 aliphatic heterocycles. The van der Waals surface area contributed by atoms with Gasteiger partial charge in [0.1, 0.15) is 0 Å². The van der Waals surface area contributed by atoms with Gasteiger partial charge in [-0.1, -0.05) is 13.3 Å². The molecule has 3 atom stereocenters. The van der Waals surface area contributed by atoms with E-state index in [4.69, 9.17) is 0 Å². The van der Waals surface area contributed by atoms with Crippen molar-refractivity contribution in [2.75, 3.05) is 0 Å². The van der Waals surface area contributed by atoms with Crippen LogP contribution in [-0.2, 0) is 9.53 Å². The zero-order chi connectivity index (χ0) is 11.0. The van der Waals surface area contributed by atoms with Gasteiger partial charge >= 0.3 is 5.97 Å². The number of cyclic esters (lactones) is 1. The molecule has 5 heteroatoms. The van der Waals surface area contributed by atoms with E-state index in [2.05, 4.69) is 4.74 Å². The molecule has 14 heavy (non-hydrogen) atoms. The third-order valence-electron chi connectivity index (χ3n) is 2.53. The first-order valence-electron chi connectivity index (χ1n) is 4.71. The van der Waals surface area contributed by atoms with E-state index in [-0.39, 0.29) is 6.42 Å². The van der Waals surface area contributed by atoms with Crippen LogP contribution in [0.1, 0.15) is 33.1 Å². The summed E-state index contributed by atoms with van der Waals surface area (Å²) >= 11 is 0. The summed E-state index contributed by atoms with van der Waals surface area (Å²) in [5.41, 5.74) is -2.01. The summed E-state index contributed by atoms with van der Waals surface area (Å²) in [6, 6.07) is 0. The Morgan fingerprint density at radius 3 is 2.43 bits per heavy atom. The van der Waals surface area contributed by atoms with Crippen LogP contribution >= 0.6 is 0 Å². The summed E-state index contributed by atoms with van der Waals surface area (Å²) in [5, 5.41) is 28.8. The number of carbonyl (C=O) groups is 1. The van der Waals surface area contributed by atoms with Crippen molar-refractivity contribution in [2.45, 2.75) is 50.6 Å². The molecule has 0 spiro atoms. The monoisotopic (exact) mass is 204 g/mol. The minimum absolute atomic E-state index is 0.132. The molecule has 0 aromatic carbocycles. The largest absolute Gasteiger partial charge is 0.428 e. The van der Waals surface area contributed by atoms with Gasteiger partial charge in [-0.05, 0) is 13.3 Å². The maximum atomic E-state index is 11.1. The molecular formula is C9H16O5. The highest BCUT2D eigenvalue weighted by Gasteiger charge is 2.61. The molecule has 0 bridgehead atoms. The summed E-state index contributed by atoms with van der Waals surface area (Å²) in [7, 11) is 0. The van der Waals surface area contributed by atoms with Gasteiger partial charge in [0.2, 0.25) is 5.79 Å². The smallest absolute Gasteiger partial charge is 0.343 e. The maximum Gasteiger partial charge on any atom is 0.343 e. The molecule has 0 saturated carbocycles. The fourth-order valence-corrected chi connectivity index (χ4v) is 1.49. The molecule has 0 aliphatic carbocycles. The van der Waals surface area contributed by atoms with Crippen LogP contribution in [0, 0.1) is 0 Å². The van der Waals surface area contributed by atoms with E-state index in [1.54, 1.807) is 0 Å². The predicted molar refractivity (Wildman–Crippen MR) is 47.2 cm³/mol. The Hall–Kier alpha value is -0.650. The summed E-state index contributed by atoms with van der Waals surface area (Å²) in [4.78, 5) is 11.1. The molecule has 5 nitrogen and oxygen atoms in total. The van der Waals surface area contributed by atoms with Crippen molar-refractivity contribution in [3.8, 4) is 0 Å². The summed E-state index contributed by atoms with van der Waals surface area (Å²) < 4.78 is 4.60. The topological polar surface area (TPSA) is 87.0 Å². The molecule has 1 rings (SSSR count). The van der Waals surface area contributed by atoms with Crippen LogP contribution in [0.4, 0.5) is 0 Å². The normalized spacial score (nSPS) is 42.6. The SMILES string of the molecule is CCCCC1(O)OC(=O)C(C)(O)C1O. The first kappa shape index (κ1) is 11.4. The van der Waals surface area contributed by atoms with Gasteiger partial charge in [0.15, 0.2) is 11.7 Å². The number of carbonyl (C=O) groups excluding carboxylic acids is 1. The Morgan fingerprint density at radius 1 is 1.50 bits per heavy atom. The standard InChI is InChI=1S/C9H16O5/c1-3-4-5-9(13)6(10)8(2,12)7(11)14-9/h6,10,12-13H,3-5H2,1-2H3. The van der Waals surface area contributed by atoms with E-state index < -0.39 is 23.5 Å². The van der Waals surface area contributed by atoms with Crippen molar-refractivity contribution in [3.05, 3.63) is 0 Å². The van der Waals surface area contributed by atoms with E-state index in [9.17, 15) is 20.1 Å². The second-order valence-electron chi connectivity index (χ2n) is 3.89. The third-order valence-corrected chi connectivity index (χ3v) is 2.53. The second kappa shape index (κ2) is 3.49. The van der Waals surface area contributed by atoms with Crippen molar-refractivity contribution in [1.29, 1.82) is 0 Å². The van der Waals surface area contributed by atoms with Crippen LogP contribution in [0.25, 0.3) is 0 Å². The molecule has 1 saturated heterocycles. The predicted octanol–water partition coefficient (Wildman–Crippen LogP) is -0.466. The number of hydrogen-bond donors (Lipinski definition) is 3. The van der Waals surface area contributed by atoms with Crippen molar-refractivity contribution in [2.24, 2.45) is 0 Å². The van der Waals surface area contributed by atoms with Crippen LogP contribution < -0.4 is 0 Å². The molecule has 0 aromatic rings. The third kappa shape index (κ3) is 1.63. The van der Waals surface area contributed by atoms with Gasteiger partial charge in [-0.25, -0.2) is 4.79 Å². The highest BCUT2D eigenvalue weighted by atomic mass is 16.7. The van der Waals surface area contributed by atoms with Crippen LogP contribution in [0.2, 0.25) is 0 Å². The Morgan fingerprint density at radius 2 is 2.07 bits per heavy atom. The lowest BCUT2D eigenvalue weighted by Gasteiger charge is -2.26. The fourth-order valence-electron chi connectivity index (χ4n) is 1.49. The lowest BCUT2D eigenvalue weighted by atomic mass is 9.93. The average molecular weight is 204 g/mol. The molecule has 3 unspecified atom stereocenters. The van der Waals surface area contributed by atoms with E-state index in [1.807, 2.05) is 6.92 Å². The van der Waals surface area contributed by atoms with E-state index in [0.717, 1.165) is 13.3 Å². The second-order valence-corrected chi connectivity index (χ2v) is 3.89. The van der Waals surface area contributed by atoms with Gasteiger partial charge < -0.3 is 20.1 Å². The number of ether oxygens (including phenoxy) is 1. The van der Waals surface area contributed by atoms with E-state index in [1.165, 1.54) is 0 Å². The number of hydrogen-bond acceptors (Lipinski definition) is 5. The molecular weight excluding hydrogens is 188 g/mol. The molecule has 0 aromatic heterocycles. The van der Waals surface area contributed by atoms with Crippen molar-refractivity contribution in [3.63, 3.8) is 0 Å². The minimum Gasteiger partial charge on any atom is -0.428 e. The van der Waals surface area contributed by atoms with Gasteiger partial charge in [0.05, 0.1) is 0 Å². The molecule has 1 fully saturated rings. The molecule has 0 radical (unpaired) electrons. The highest BCUT2D eigenvalue weighted by Crippen LogP contribution is 2.35. The van der Waals surface area contributed by atoms with Crippen LogP contribution in [0.3, 0.4) is 0 Å². The number of aliphatic hydroxyl groups excluding tert-OH is 1. The Kier molecular flexibility index (Phi) is 2.85. The lowest BCUT2D eigenvalue weighted by Crippen LogP contribution is -2.49. The van der Waals surface area contributed by atoms with Gasteiger partial charge in [-0.15, -0.1) is 0 Å². The molecule has 1 aliphatic rings. The molecule has 82 valence electrons. The molecule has 3 N–H and O–H groups in total. The lowest BCUT2D eigenvalue weighted by molar-refractivity contribution is -0.222. The van der Waals surface area contributed by atoms with Gasteiger partial charge in [0, 0.05) is 6.42 Å². The minimum atomic E-state index is -2.01. The number of esters is 1. The molecule has 0 amide bonds. The van der Waals surface area contributed by atoms with Crippen molar-refractivity contribution in [1.82, 2.24) is 0 Å². The first-order valence-corrected chi connectivity index (χ1v) is 4.71.